The molecule has 17 heavy (non-hydrogen) atoms. The van der Waals surface area contributed by atoms with E-state index in [2.05, 4.69) is 15.9 Å². The highest BCUT2D eigenvalue weighted by atomic mass is 79.9. The van der Waals surface area contributed by atoms with Gasteiger partial charge >= 0.3 is 5.97 Å². The first kappa shape index (κ1) is 13.6. The summed E-state index contributed by atoms with van der Waals surface area (Å²) in [6.07, 6.45) is 2.91. The number of benzene rings is 1. The molecule has 0 aliphatic heterocycles. The third kappa shape index (κ3) is 3.78. The van der Waals surface area contributed by atoms with Crippen LogP contribution in [0.5, 0.6) is 11.5 Å². The number of phenols is 1. The minimum atomic E-state index is -0.411. The highest BCUT2D eigenvalue weighted by Crippen LogP contribution is 2.32. The first-order valence-electron chi connectivity index (χ1n) is 4.99. The van der Waals surface area contributed by atoms with Crippen molar-refractivity contribution in [1.29, 1.82) is 0 Å². The van der Waals surface area contributed by atoms with Crippen LogP contribution in [0.4, 0.5) is 0 Å². The zero-order valence-electron chi connectivity index (χ0n) is 9.57. The molecule has 0 unspecified atom stereocenters. The number of aromatic hydroxyl groups is 1. The van der Waals surface area contributed by atoms with Crippen molar-refractivity contribution in [3.63, 3.8) is 0 Å². The Balaban J connectivity index is 2.94. The Bertz CT molecular complexity index is 440. The average molecular weight is 301 g/mol. The highest BCUT2D eigenvalue weighted by Gasteiger charge is 2.06. The van der Waals surface area contributed by atoms with E-state index >= 15 is 0 Å². The summed E-state index contributed by atoms with van der Waals surface area (Å²) in [5.41, 5.74) is 0.715. The lowest BCUT2D eigenvalue weighted by molar-refractivity contribution is -0.137. The van der Waals surface area contributed by atoms with Gasteiger partial charge in [-0.25, -0.2) is 4.79 Å². The third-order valence-corrected chi connectivity index (χ3v) is 2.67. The Morgan fingerprint density at radius 3 is 2.82 bits per heavy atom. The lowest BCUT2D eigenvalue weighted by atomic mass is 10.2. The molecule has 0 aliphatic carbocycles. The smallest absolute Gasteiger partial charge is 0.330 e. The van der Waals surface area contributed by atoms with Crippen LogP contribution in [0.2, 0.25) is 0 Å². The molecule has 0 saturated carbocycles. The second kappa shape index (κ2) is 6.30. The van der Waals surface area contributed by atoms with Crippen LogP contribution in [0.25, 0.3) is 6.08 Å². The lowest BCUT2D eigenvalue weighted by Crippen LogP contribution is -1.98. The van der Waals surface area contributed by atoms with Crippen LogP contribution >= 0.6 is 15.9 Å². The van der Waals surface area contributed by atoms with Crippen LogP contribution in [-0.2, 0) is 9.53 Å². The van der Waals surface area contributed by atoms with E-state index in [1.165, 1.54) is 19.3 Å². The number of halogens is 1. The van der Waals surface area contributed by atoms with Crippen molar-refractivity contribution >= 4 is 28.0 Å². The molecular formula is C12H13BrO4. The summed E-state index contributed by atoms with van der Waals surface area (Å²) in [6, 6.07) is 3.12. The summed E-state index contributed by atoms with van der Waals surface area (Å²) in [5.74, 6) is -0.0317. The molecule has 0 atom stereocenters. The van der Waals surface area contributed by atoms with Gasteiger partial charge in [0.1, 0.15) is 0 Å². The monoisotopic (exact) mass is 300 g/mol. The molecular weight excluding hydrogens is 288 g/mol. The molecule has 0 aromatic heterocycles. The number of carbonyl (C=O) groups excluding carboxylic acids is 1. The fraction of sp³-hybridized carbons (Fsp3) is 0.250. The fourth-order valence-corrected chi connectivity index (χ4v) is 1.66. The Morgan fingerprint density at radius 1 is 1.53 bits per heavy atom. The van der Waals surface area contributed by atoms with Crippen molar-refractivity contribution in [3.8, 4) is 11.5 Å². The van der Waals surface area contributed by atoms with E-state index in [1.54, 1.807) is 19.1 Å². The molecule has 0 spiro atoms. The molecule has 1 N–H and O–H groups in total. The summed E-state index contributed by atoms with van der Waals surface area (Å²) in [4.78, 5) is 11.1. The molecule has 92 valence electrons. The number of hydrogen-bond acceptors (Lipinski definition) is 4. The van der Waals surface area contributed by atoms with Crippen molar-refractivity contribution < 1.29 is 19.4 Å². The van der Waals surface area contributed by atoms with Crippen LogP contribution in [0.15, 0.2) is 22.7 Å². The summed E-state index contributed by atoms with van der Waals surface area (Å²) < 4.78 is 10.4. The van der Waals surface area contributed by atoms with Gasteiger partial charge in [0.2, 0.25) is 0 Å². The zero-order valence-corrected chi connectivity index (χ0v) is 11.2. The van der Waals surface area contributed by atoms with Crippen LogP contribution in [0.3, 0.4) is 0 Å². The molecule has 1 aromatic carbocycles. The maximum absolute atomic E-state index is 11.1. The van der Waals surface area contributed by atoms with Gasteiger partial charge in [-0.15, -0.1) is 0 Å². The van der Waals surface area contributed by atoms with Gasteiger partial charge in [0.05, 0.1) is 13.7 Å². The number of carbonyl (C=O) groups is 1. The summed E-state index contributed by atoms with van der Waals surface area (Å²) in [5, 5.41) is 9.51. The number of ether oxygens (including phenoxy) is 2. The molecule has 0 heterocycles. The van der Waals surface area contributed by atoms with Crippen LogP contribution < -0.4 is 4.74 Å². The topological polar surface area (TPSA) is 55.8 Å². The van der Waals surface area contributed by atoms with Gasteiger partial charge in [-0.2, -0.15) is 0 Å². The van der Waals surface area contributed by atoms with Gasteiger partial charge in [0, 0.05) is 10.5 Å². The highest BCUT2D eigenvalue weighted by molar-refractivity contribution is 9.10. The minimum absolute atomic E-state index is 0.0349. The van der Waals surface area contributed by atoms with Gasteiger partial charge < -0.3 is 14.6 Å². The Morgan fingerprint density at radius 2 is 2.24 bits per heavy atom. The van der Waals surface area contributed by atoms with Crippen LogP contribution in [0, 0.1) is 0 Å². The molecule has 4 nitrogen and oxygen atoms in total. The molecule has 0 saturated heterocycles. The second-order valence-corrected chi connectivity index (χ2v) is 3.99. The predicted molar refractivity (Wildman–Crippen MR) is 68.0 cm³/mol. The van der Waals surface area contributed by atoms with Crippen molar-refractivity contribution in [2.24, 2.45) is 0 Å². The molecule has 0 amide bonds. The van der Waals surface area contributed by atoms with E-state index < -0.39 is 5.97 Å². The molecule has 0 aliphatic rings. The molecule has 5 heteroatoms. The maximum Gasteiger partial charge on any atom is 0.330 e. The van der Waals surface area contributed by atoms with Crippen molar-refractivity contribution in [3.05, 3.63) is 28.2 Å². The predicted octanol–water partition coefficient (Wildman–Crippen LogP) is 2.74. The van der Waals surface area contributed by atoms with E-state index in [0.29, 0.717) is 22.4 Å². The van der Waals surface area contributed by atoms with Crippen molar-refractivity contribution in [1.82, 2.24) is 0 Å². The maximum atomic E-state index is 11.1. The van der Waals surface area contributed by atoms with Crippen LogP contribution in [-0.4, -0.2) is 24.8 Å². The van der Waals surface area contributed by atoms with E-state index in [1.807, 2.05) is 0 Å². The number of methoxy groups -OCH3 is 1. The first-order chi connectivity index (χ1) is 8.08. The largest absolute Gasteiger partial charge is 0.504 e. The second-order valence-electron chi connectivity index (χ2n) is 3.13. The molecule has 1 aromatic rings. The Hall–Kier alpha value is -1.49. The summed E-state index contributed by atoms with van der Waals surface area (Å²) in [6.45, 7) is 2.08. The Kier molecular flexibility index (Phi) is 5.03. The van der Waals surface area contributed by atoms with Gasteiger partial charge in [-0.05, 0) is 30.7 Å². The molecule has 0 radical (unpaired) electrons. The van der Waals surface area contributed by atoms with Gasteiger partial charge in [0.15, 0.2) is 11.5 Å². The number of esters is 1. The minimum Gasteiger partial charge on any atom is -0.504 e. The van der Waals surface area contributed by atoms with E-state index in [-0.39, 0.29) is 5.75 Å². The molecule has 0 fully saturated rings. The third-order valence-electron chi connectivity index (χ3n) is 1.98. The molecule has 0 bridgehead atoms. The van der Waals surface area contributed by atoms with Gasteiger partial charge in [-0.1, -0.05) is 15.9 Å². The standard InChI is InChI=1S/C12H13BrO4/c1-3-17-12(15)5-4-8-6-11(16-2)10(14)7-9(8)13/h4-7,14H,3H2,1-2H3/b5-4+. The van der Waals surface area contributed by atoms with E-state index in [9.17, 15) is 9.90 Å². The first-order valence-corrected chi connectivity index (χ1v) is 5.79. The van der Waals surface area contributed by atoms with Crippen molar-refractivity contribution in [2.45, 2.75) is 6.92 Å². The quantitative estimate of drug-likeness (QED) is 0.686. The van der Waals surface area contributed by atoms with E-state index in [4.69, 9.17) is 9.47 Å². The lowest BCUT2D eigenvalue weighted by Gasteiger charge is -2.06. The van der Waals surface area contributed by atoms with E-state index in [0.717, 1.165) is 0 Å². The summed E-state index contributed by atoms with van der Waals surface area (Å²) >= 11 is 3.28. The number of rotatable bonds is 4. The number of hydrogen-bond donors (Lipinski definition) is 1. The Labute approximate surface area is 108 Å². The van der Waals surface area contributed by atoms with Gasteiger partial charge in [-0.3, -0.25) is 0 Å². The summed E-state index contributed by atoms with van der Waals surface area (Å²) in [7, 11) is 1.46. The zero-order chi connectivity index (χ0) is 12.8. The van der Waals surface area contributed by atoms with Crippen LogP contribution in [0.1, 0.15) is 12.5 Å². The van der Waals surface area contributed by atoms with Crippen molar-refractivity contribution in [2.75, 3.05) is 13.7 Å². The molecule has 1 rings (SSSR count). The fourth-order valence-electron chi connectivity index (χ4n) is 1.20. The average Bonchev–Trinajstić information content (AvgIpc) is 2.28. The van der Waals surface area contributed by atoms with Gasteiger partial charge in [0.25, 0.3) is 0 Å². The normalized spacial score (nSPS) is 10.5. The number of phenolic OH excluding ortho intramolecular Hbond substituents is 1. The SMILES string of the molecule is CCOC(=O)/C=C/c1cc(OC)c(O)cc1Br.